The van der Waals surface area contributed by atoms with Crippen LogP contribution in [0.15, 0.2) is 30.6 Å². The third kappa shape index (κ3) is 2.74. The first-order chi connectivity index (χ1) is 10.2. The minimum atomic E-state index is -0.661. The zero-order valence-corrected chi connectivity index (χ0v) is 11.5. The lowest BCUT2D eigenvalue weighted by Crippen LogP contribution is -2.20. The second-order valence-corrected chi connectivity index (χ2v) is 4.86. The average Bonchev–Trinajstić information content (AvgIpc) is 2.89. The van der Waals surface area contributed by atoms with Gasteiger partial charge in [-0.1, -0.05) is 17.7 Å². The number of nitrogens with one attached hydrogen (secondary N) is 2. The fourth-order valence-electron chi connectivity index (χ4n) is 2.04. The predicted molar refractivity (Wildman–Crippen MR) is 74.6 cm³/mol. The van der Waals surface area contributed by atoms with E-state index in [9.17, 15) is 4.79 Å². The fourth-order valence-corrected chi connectivity index (χ4v) is 2.21. The first kappa shape index (κ1) is 13.6. The first-order valence-corrected chi connectivity index (χ1v) is 6.50. The van der Waals surface area contributed by atoms with Gasteiger partial charge in [-0.25, -0.2) is 15.4 Å². The van der Waals surface area contributed by atoms with Gasteiger partial charge >= 0.3 is 0 Å². The number of aromatic nitrogens is 2. The molecule has 0 spiro atoms. The lowest BCUT2D eigenvalue weighted by Gasteiger charge is -2.11. The number of fused-ring (bicyclic) bond motifs is 1. The van der Waals surface area contributed by atoms with Gasteiger partial charge in [0.15, 0.2) is 0 Å². The molecule has 2 aromatic rings. The van der Waals surface area contributed by atoms with Crippen molar-refractivity contribution in [2.75, 3.05) is 11.9 Å². The number of benzene rings is 1. The number of carbonyl (C=O) groups is 1. The van der Waals surface area contributed by atoms with E-state index in [0.29, 0.717) is 17.6 Å². The summed E-state index contributed by atoms with van der Waals surface area (Å²) in [5, 5.41) is 12.3. The summed E-state index contributed by atoms with van der Waals surface area (Å²) in [7, 11) is 0. The Labute approximate surface area is 124 Å². The molecule has 108 valence electrons. The molecular formula is C13H11ClN4O3. The smallest absolute Gasteiger partial charge is 0.277 e. The van der Waals surface area contributed by atoms with Crippen molar-refractivity contribution in [1.29, 1.82) is 0 Å². The molecular weight excluding hydrogens is 296 g/mol. The molecule has 1 aromatic heterocycles. The normalized spacial score (nSPS) is 16.0. The van der Waals surface area contributed by atoms with E-state index < -0.39 is 5.91 Å². The zero-order valence-electron chi connectivity index (χ0n) is 10.7. The summed E-state index contributed by atoms with van der Waals surface area (Å²) in [5.41, 5.74) is 2.66. The molecule has 0 fully saturated rings. The van der Waals surface area contributed by atoms with Gasteiger partial charge in [-0.15, -0.1) is 0 Å². The van der Waals surface area contributed by atoms with Crippen molar-refractivity contribution in [2.24, 2.45) is 0 Å². The minimum Gasteiger partial charge on any atom is -0.491 e. The summed E-state index contributed by atoms with van der Waals surface area (Å²) in [4.78, 5) is 19.2. The summed E-state index contributed by atoms with van der Waals surface area (Å²) in [6.45, 7) is 0.442. The van der Waals surface area contributed by atoms with Crippen LogP contribution in [0.2, 0.25) is 5.02 Å². The predicted octanol–water partition coefficient (Wildman–Crippen LogP) is 1.79. The minimum absolute atomic E-state index is 0.0882. The van der Waals surface area contributed by atoms with Gasteiger partial charge in [0.1, 0.15) is 12.4 Å². The molecule has 3 rings (SSSR count). The number of nitrogens with zero attached hydrogens (tertiary/aromatic N) is 2. The lowest BCUT2D eigenvalue weighted by atomic mass is 10.1. The molecule has 0 aliphatic carbocycles. The lowest BCUT2D eigenvalue weighted by molar-refractivity contribution is 0.0705. The highest BCUT2D eigenvalue weighted by Gasteiger charge is 2.24. The molecule has 2 heterocycles. The van der Waals surface area contributed by atoms with Crippen LogP contribution in [0.25, 0.3) is 0 Å². The molecule has 1 aliphatic heterocycles. The third-order valence-electron chi connectivity index (χ3n) is 3.08. The Morgan fingerprint density at radius 1 is 1.38 bits per heavy atom. The highest BCUT2D eigenvalue weighted by Crippen LogP contribution is 2.35. The van der Waals surface area contributed by atoms with Gasteiger partial charge in [-0.2, -0.15) is 0 Å². The molecule has 0 saturated heterocycles. The largest absolute Gasteiger partial charge is 0.491 e. The van der Waals surface area contributed by atoms with Crippen molar-refractivity contribution in [3.05, 3.63) is 46.7 Å². The van der Waals surface area contributed by atoms with E-state index in [2.05, 4.69) is 15.3 Å². The summed E-state index contributed by atoms with van der Waals surface area (Å²) in [6.07, 6.45) is 2.64. The van der Waals surface area contributed by atoms with Gasteiger partial charge in [0.05, 0.1) is 11.6 Å². The van der Waals surface area contributed by atoms with Crippen LogP contribution in [0.3, 0.4) is 0 Å². The molecule has 7 nitrogen and oxygen atoms in total. The van der Waals surface area contributed by atoms with Gasteiger partial charge in [0, 0.05) is 23.0 Å². The van der Waals surface area contributed by atoms with Crippen molar-refractivity contribution in [1.82, 2.24) is 15.4 Å². The van der Waals surface area contributed by atoms with Crippen molar-refractivity contribution >= 4 is 23.5 Å². The Balaban J connectivity index is 1.75. The van der Waals surface area contributed by atoms with E-state index in [4.69, 9.17) is 21.5 Å². The molecule has 0 radical (unpaired) electrons. The van der Waals surface area contributed by atoms with Crippen LogP contribution in [0, 0.1) is 0 Å². The van der Waals surface area contributed by atoms with E-state index in [0.717, 1.165) is 11.3 Å². The topological polar surface area (TPSA) is 96.4 Å². The average molecular weight is 307 g/mol. The number of hydrogen-bond donors (Lipinski definition) is 3. The molecule has 1 unspecified atom stereocenters. The Morgan fingerprint density at radius 2 is 2.14 bits per heavy atom. The van der Waals surface area contributed by atoms with Crippen LogP contribution in [-0.2, 0) is 0 Å². The second kappa shape index (κ2) is 5.55. The van der Waals surface area contributed by atoms with Crippen molar-refractivity contribution < 1.29 is 14.7 Å². The van der Waals surface area contributed by atoms with Crippen molar-refractivity contribution in [3.63, 3.8) is 0 Å². The van der Waals surface area contributed by atoms with Crippen LogP contribution in [0.1, 0.15) is 22.0 Å². The standard InChI is InChI=1S/C13H11ClN4O3/c14-8-1-2-9-10(6-21-11(9)3-8)17-13-15-4-7(5-16-13)12(19)18-20/h1-5,10,20H,6H2,(H,18,19)(H,15,16,17). The van der Waals surface area contributed by atoms with E-state index in [1.165, 1.54) is 17.9 Å². The van der Waals surface area contributed by atoms with E-state index >= 15 is 0 Å². The summed E-state index contributed by atoms with van der Waals surface area (Å²) in [6, 6.07) is 5.35. The Hall–Kier alpha value is -2.38. The second-order valence-electron chi connectivity index (χ2n) is 4.43. The fraction of sp³-hybridized carbons (Fsp3) is 0.154. The van der Waals surface area contributed by atoms with Crippen molar-refractivity contribution in [3.8, 4) is 5.75 Å². The Bertz CT molecular complexity index is 678. The highest BCUT2D eigenvalue weighted by atomic mass is 35.5. The van der Waals surface area contributed by atoms with Gasteiger partial charge < -0.3 is 10.1 Å². The molecule has 0 bridgehead atoms. The maximum atomic E-state index is 11.2. The third-order valence-corrected chi connectivity index (χ3v) is 3.31. The molecule has 8 heteroatoms. The number of rotatable bonds is 3. The molecule has 21 heavy (non-hydrogen) atoms. The number of halogens is 1. The molecule has 1 aliphatic rings. The first-order valence-electron chi connectivity index (χ1n) is 6.12. The molecule has 0 saturated carbocycles. The number of ether oxygens (including phenoxy) is 1. The molecule has 3 N–H and O–H groups in total. The maximum Gasteiger partial charge on any atom is 0.277 e. The molecule has 1 amide bonds. The van der Waals surface area contributed by atoms with Gasteiger partial charge in [-0.05, 0) is 12.1 Å². The number of hydroxylamine groups is 1. The summed E-state index contributed by atoms with van der Waals surface area (Å²) < 4.78 is 5.54. The van der Waals surface area contributed by atoms with Gasteiger partial charge in [0.25, 0.3) is 5.91 Å². The van der Waals surface area contributed by atoms with Crippen LogP contribution in [0.5, 0.6) is 5.75 Å². The molecule has 1 atom stereocenters. The maximum absolute atomic E-state index is 11.2. The number of hydrogen-bond acceptors (Lipinski definition) is 6. The van der Waals surface area contributed by atoms with Crippen LogP contribution in [-0.4, -0.2) is 27.7 Å². The quantitative estimate of drug-likeness (QED) is 0.591. The van der Waals surface area contributed by atoms with Gasteiger partial charge in [-0.3, -0.25) is 10.0 Å². The van der Waals surface area contributed by atoms with E-state index in [1.807, 2.05) is 6.07 Å². The summed E-state index contributed by atoms with van der Waals surface area (Å²) >= 11 is 5.91. The van der Waals surface area contributed by atoms with Crippen LogP contribution >= 0.6 is 11.6 Å². The van der Waals surface area contributed by atoms with Crippen LogP contribution < -0.4 is 15.5 Å². The van der Waals surface area contributed by atoms with Crippen LogP contribution in [0.4, 0.5) is 5.95 Å². The zero-order chi connectivity index (χ0) is 14.8. The van der Waals surface area contributed by atoms with Crippen molar-refractivity contribution in [2.45, 2.75) is 6.04 Å². The number of carbonyl (C=O) groups excluding carboxylic acids is 1. The SMILES string of the molecule is O=C(NO)c1cnc(NC2COc3cc(Cl)ccc32)nc1. The number of anilines is 1. The highest BCUT2D eigenvalue weighted by molar-refractivity contribution is 6.30. The summed E-state index contributed by atoms with van der Waals surface area (Å²) in [5.74, 6) is 0.433. The van der Waals surface area contributed by atoms with E-state index in [1.54, 1.807) is 12.1 Å². The van der Waals surface area contributed by atoms with Gasteiger partial charge in [0.2, 0.25) is 5.95 Å². The monoisotopic (exact) mass is 306 g/mol. The Kier molecular flexibility index (Phi) is 3.59. The Morgan fingerprint density at radius 3 is 2.86 bits per heavy atom. The number of amides is 1. The van der Waals surface area contributed by atoms with E-state index in [-0.39, 0.29) is 11.6 Å². The molecule has 1 aromatic carbocycles.